The largest absolute Gasteiger partial charge is 0.191 e. The lowest BCUT2D eigenvalue weighted by Crippen LogP contribution is -1.76. The quantitative estimate of drug-likeness (QED) is 0.409. The van der Waals surface area contributed by atoms with Crippen LogP contribution >= 0.6 is 11.9 Å². The Hall–Kier alpha value is 0.310. The molecule has 2 heteroatoms. The second kappa shape index (κ2) is 6.31. The summed E-state index contributed by atoms with van der Waals surface area (Å²) in [7, 11) is 0. The van der Waals surface area contributed by atoms with Gasteiger partial charge in [0, 0.05) is 5.75 Å². The normalized spacial score (nSPS) is 9.43. The van der Waals surface area contributed by atoms with Gasteiger partial charge in [0.25, 0.3) is 0 Å². The van der Waals surface area contributed by atoms with Crippen LogP contribution in [0.25, 0.3) is 0 Å². The fourth-order valence-corrected chi connectivity index (χ4v) is 0.773. The summed E-state index contributed by atoms with van der Waals surface area (Å²) in [4.78, 5) is 0. The minimum atomic E-state index is 1.01. The van der Waals surface area contributed by atoms with E-state index in [9.17, 15) is 0 Å². The Balaban J connectivity index is 2.45. The minimum Gasteiger partial charge on any atom is -0.191 e. The fraction of sp³-hybridized carbons (Fsp3) is 1.00. The first-order valence-corrected chi connectivity index (χ1v) is 3.69. The molecule has 0 rings (SSSR count). The van der Waals surface area contributed by atoms with E-state index in [1.165, 1.54) is 31.2 Å². The van der Waals surface area contributed by atoms with E-state index in [1.54, 1.807) is 0 Å². The van der Waals surface area contributed by atoms with E-state index in [0.717, 1.165) is 5.75 Å². The summed E-state index contributed by atoms with van der Waals surface area (Å²) in [6.45, 7) is 2.18. The van der Waals surface area contributed by atoms with E-state index in [0.29, 0.717) is 0 Å². The Morgan fingerprint density at radius 2 is 2.14 bits per heavy atom. The highest BCUT2D eigenvalue weighted by Gasteiger charge is 1.81. The van der Waals surface area contributed by atoms with E-state index in [-0.39, 0.29) is 0 Å². The number of hydrogen-bond donors (Lipinski definition) is 0. The molecule has 0 saturated heterocycles. The van der Waals surface area contributed by atoms with Gasteiger partial charge in [-0.2, -0.15) is 5.14 Å². The molecule has 0 aromatic rings. The molecule has 0 fully saturated rings. The Labute approximate surface area is 49.8 Å². The number of nitrogens with one attached hydrogen (secondary N) is 1. The Morgan fingerprint density at radius 3 is 2.57 bits per heavy atom. The Bertz CT molecular complexity index is 27.3. The third-order valence-electron chi connectivity index (χ3n) is 0.850. The molecular formula is C5H12NS. The van der Waals surface area contributed by atoms with E-state index in [1.807, 2.05) is 0 Å². The van der Waals surface area contributed by atoms with Crippen LogP contribution in [0.15, 0.2) is 0 Å². The van der Waals surface area contributed by atoms with Crippen molar-refractivity contribution in [1.82, 2.24) is 5.14 Å². The molecule has 43 valence electrons. The first-order valence-electron chi connectivity index (χ1n) is 2.70. The highest BCUT2D eigenvalue weighted by molar-refractivity contribution is 7.96. The molecule has 0 unspecified atom stereocenters. The van der Waals surface area contributed by atoms with Crippen molar-refractivity contribution in [3.63, 3.8) is 0 Å². The molecule has 1 N–H and O–H groups in total. The van der Waals surface area contributed by atoms with E-state index in [4.69, 9.17) is 5.14 Å². The van der Waals surface area contributed by atoms with Crippen molar-refractivity contribution >= 4 is 11.9 Å². The zero-order valence-corrected chi connectivity index (χ0v) is 5.55. The lowest BCUT2D eigenvalue weighted by molar-refractivity contribution is 0.778. The van der Waals surface area contributed by atoms with Gasteiger partial charge in [-0.3, -0.25) is 0 Å². The second-order valence-corrected chi connectivity index (χ2v) is 2.25. The van der Waals surface area contributed by atoms with Gasteiger partial charge in [-0.15, -0.1) is 0 Å². The summed E-state index contributed by atoms with van der Waals surface area (Å²) in [5.41, 5.74) is 0. The molecule has 0 aliphatic heterocycles. The second-order valence-electron chi connectivity index (χ2n) is 1.56. The molecule has 0 amide bonds. The van der Waals surface area contributed by atoms with Crippen molar-refractivity contribution in [3.05, 3.63) is 0 Å². The minimum absolute atomic E-state index is 1.01. The third-order valence-corrected chi connectivity index (χ3v) is 1.34. The summed E-state index contributed by atoms with van der Waals surface area (Å²) in [6, 6.07) is 0. The van der Waals surface area contributed by atoms with Gasteiger partial charge in [-0.1, -0.05) is 31.7 Å². The van der Waals surface area contributed by atoms with Crippen molar-refractivity contribution in [3.8, 4) is 0 Å². The molecule has 1 nitrogen and oxygen atoms in total. The van der Waals surface area contributed by atoms with Crippen LogP contribution in [0.3, 0.4) is 0 Å². The van der Waals surface area contributed by atoms with E-state index < -0.39 is 0 Å². The average Bonchev–Trinajstić information content (AvgIpc) is 1.69. The maximum absolute atomic E-state index is 6.70. The van der Waals surface area contributed by atoms with Crippen molar-refractivity contribution < 1.29 is 0 Å². The molecule has 0 aliphatic rings. The van der Waals surface area contributed by atoms with Crippen molar-refractivity contribution in [2.24, 2.45) is 0 Å². The first-order chi connectivity index (χ1) is 3.41. The van der Waals surface area contributed by atoms with Gasteiger partial charge < -0.3 is 0 Å². The molecule has 0 bridgehead atoms. The third kappa shape index (κ3) is 6.31. The highest BCUT2D eigenvalue weighted by Crippen LogP contribution is 1.99. The Kier molecular flexibility index (Phi) is 6.59. The molecule has 1 radical (unpaired) electrons. The molecule has 0 aromatic carbocycles. The van der Waals surface area contributed by atoms with Crippen LogP contribution < -0.4 is 5.14 Å². The fourth-order valence-electron chi connectivity index (χ4n) is 0.424. The molecule has 0 heterocycles. The lowest BCUT2D eigenvalue weighted by Gasteiger charge is -1.89. The van der Waals surface area contributed by atoms with Gasteiger partial charge in [0.1, 0.15) is 0 Å². The molecule has 7 heavy (non-hydrogen) atoms. The SMILES string of the molecule is CCCCCS[NH]. The van der Waals surface area contributed by atoms with Gasteiger partial charge in [-0.05, 0) is 6.42 Å². The molecule has 0 atom stereocenters. The standard InChI is InChI=1S/C5H12NS/c1-2-3-4-5-7-6/h6H,2-5H2,1H3. The van der Waals surface area contributed by atoms with Gasteiger partial charge in [-0.25, -0.2) is 0 Å². The van der Waals surface area contributed by atoms with Crippen molar-refractivity contribution in [1.29, 1.82) is 0 Å². The van der Waals surface area contributed by atoms with Crippen LogP contribution in [0.5, 0.6) is 0 Å². The summed E-state index contributed by atoms with van der Waals surface area (Å²) in [6.07, 6.45) is 3.76. The lowest BCUT2D eigenvalue weighted by atomic mass is 10.3. The maximum Gasteiger partial charge on any atom is 0.00911 e. The molecule has 0 saturated carbocycles. The van der Waals surface area contributed by atoms with Gasteiger partial charge in [0.15, 0.2) is 0 Å². The first kappa shape index (κ1) is 7.31. The van der Waals surface area contributed by atoms with Crippen LogP contribution in [-0.4, -0.2) is 5.75 Å². The zero-order valence-electron chi connectivity index (χ0n) is 4.74. The van der Waals surface area contributed by atoms with Gasteiger partial charge >= 0.3 is 0 Å². The molecule has 0 aromatic heterocycles. The predicted molar refractivity (Wildman–Crippen MR) is 35.1 cm³/mol. The smallest absolute Gasteiger partial charge is 0.00911 e. The van der Waals surface area contributed by atoms with Crippen molar-refractivity contribution in [2.45, 2.75) is 26.2 Å². The number of unbranched alkanes of at least 4 members (excludes halogenated alkanes) is 2. The Morgan fingerprint density at radius 1 is 1.43 bits per heavy atom. The number of hydrogen-bond acceptors (Lipinski definition) is 1. The van der Waals surface area contributed by atoms with Crippen LogP contribution in [0.1, 0.15) is 26.2 Å². The van der Waals surface area contributed by atoms with Crippen molar-refractivity contribution in [2.75, 3.05) is 5.75 Å². The van der Waals surface area contributed by atoms with Crippen LogP contribution in [0.4, 0.5) is 0 Å². The number of rotatable bonds is 4. The van der Waals surface area contributed by atoms with Crippen LogP contribution in [0, 0.1) is 0 Å². The van der Waals surface area contributed by atoms with Gasteiger partial charge in [0.2, 0.25) is 0 Å². The summed E-state index contributed by atoms with van der Waals surface area (Å²) < 4.78 is 0. The van der Waals surface area contributed by atoms with E-state index >= 15 is 0 Å². The van der Waals surface area contributed by atoms with E-state index in [2.05, 4.69) is 6.92 Å². The zero-order chi connectivity index (χ0) is 5.54. The predicted octanol–water partition coefficient (Wildman–Crippen LogP) is 2.11. The summed E-state index contributed by atoms with van der Waals surface area (Å²) in [5, 5.41) is 6.70. The van der Waals surface area contributed by atoms with Gasteiger partial charge in [0.05, 0.1) is 0 Å². The molecular weight excluding hydrogens is 106 g/mol. The molecule has 0 aliphatic carbocycles. The monoisotopic (exact) mass is 118 g/mol. The highest BCUT2D eigenvalue weighted by atomic mass is 32.2. The summed E-state index contributed by atoms with van der Waals surface area (Å²) in [5.74, 6) is 1.01. The molecule has 0 spiro atoms. The average molecular weight is 118 g/mol. The maximum atomic E-state index is 6.70. The summed E-state index contributed by atoms with van der Waals surface area (Å²) >= 11 is 1.19. The van der Waals surface area contributed by atoms with Crippen LogP contribution in [0.2, 0.25) is 0 Å². The topological polar surface area (TPSA) is 23.8 Å². The van der Waals surface area contributed by atoms with Crippen LogP contribution in [-0.2, 0) is 0 Å².